The van der Waals surface area contributed by atoms with Crippen molar-refractivity contribution in [3.05, 3.63) is 0 Å². The fraction of sp³-hybridized carbons (Fsp3) is 0.875. The second-order valence-corrected chi connectivity index (χ2v) is 5.44. The minimum Gasteiger partial charge on any atom is -0.480 e. The number of rotatable bonds is 5. The number of carboxylic acid groups (broad SMARTS) is 1. The van der Waals surface area contributed by atoms with Gasteiger partial charge in [0.1, 0.15) is 0 Å². The Morgan fingerprint density at radius 1 is 1.67 bits per heavy atom. The Bertz CT molecular complexity index is 320. The summed E-state index contributed by atoms with van der Waals surface area (Å²) in [4.78, 5) is 10.3. The highest BCUT2D eigenvalue weighted by Gasteiger charge is 2.26. The Balaban J connectivity index is 2.49. The maximum atomic E-state index is 11.3. The van der Waals surface area contributed by atoms with Gasteiger partial charge in [0.05, 0.1) is 6.61 Å². The summed E-state index contributed by atoms with van der Waals surface area (Å²) in [5.41, 5.74) is 0. The van der Waals surface area contributed by atoms with Crippen molar-refractivity contribution >= 4 is 16.0 Å². The van der Waals surface area contributed by atoms with Gasteiger partial charge in [0.25, 0.3) is 0 Å². The first-order valence-electron chi connectivity index (χ1n) is 4.70. The molecular formula is C8H15NO5S. The molecule has 2 unspecified atom stereocenters. The van der Waals surface area contributed by atoms with Crippen LogP contribution in [0.3, 0.4) is 0 Å². The van der Waals surface area contributed by atoms with Crippen LogP contribution in [0, 0.1) is 5.92 Å². The van der Waals surface area contributed by atoms with E-state index in [1.54, 1.807) is 6.92 Å². The standard InChI is InChI=1S/C8H15NO5S/c1-6(7-2-3-14-4-7)9-15(12,13)5-8(10)11/h6-7,9H,2-5H2,1H3,(H,10,11). The summed E-state index contributed by atoms with van der Waals surface area (Å²) in [6.45, 7) is 2.88. The molecule has 6 nitrogen and oxygen atoms in total. The predicted octanol–water partition coefficient (Wildman–Crippen LogP) is -0.585. The molecule has 1 aliphatic rings. The lowest BCUT2D eigenvalue weighted by atomic mass is 10.0. The lowest BCUT2D eigenvalue weighted by Crippen LogP contribution is -2.40. The molecular weight excluding hydrogens is 222 g/mol. The zero-order valence-electron chi connectivity index (χ0n) is 8.47. The Morgan fingerprint density at radius 2 is 2.33 bits per heavy atom. The topological polar surface area (TPSA) is 92.7 Å². The first kappa shape index (κ1) is 12.4. The fourth-order valence-corrected chi connectivity index (χ4v) is 2.70. The van der Waals surface area contributed by atoms with Gasteiger partial charge in [-0.15, -0.1) is 0 Å². The Labute approximate surface area is 88.7 Å². The maximum Gasteiger partial charge on any atom is 0.320 e. The molecule has 1 heterocycles. The number of hydrogen-bond acceptors (Lipinski definition) is 4. The van der Waals surface area contributed by atoms with Gasteiger partial charge in [-0.2, -0.15) is 0 Å². The maximum absolute atomic E-state index is 11.3. The van der Waals surface area contributed by atoms with Crippen LogP contribution in [0.1, 0.15) is 13.3 Å². The van der Waals surface area contributed by atoms with E-state index in [1.807, 2.05) is 0 Å². The van der Waals surface area contributed by atoms with Gasteiger partial charge < -0.3 is 9.84 Å². The first-order chi connectivity index (χ1) is 6.91. The van der Waals surface area contributed by atoms with E-state index in [0.29, 0.717) is 13.2 Å². The summed E-state index contributed by atoms with van der Waals surface area (Å²) in [6, 6.07) is -0.281. The molecule has 0 aliphatic carbocycles. The lowest BCUT2D eigenvalue weighted by Gasteiger charge is -2.18. The second-order valence-electron chi connectivity index (χ2n) is 3.68. The Hall–Kier alpha value is -0.660. The highest BCUT2D eigenvalue weighted by atomic mass is 32.2. The number of aliphatic carboxylic acids is 1. The van der Waals surface area contributed by atoms with Crippen LogP contribution in [-0.4, -0.2) is 44.5 Å². The minimum atomic E-state index is -3.72. The molecule has 88 valence electrons. The second kappa shape index (κ2) is 4.91. The van der Waals surface area contributed by atoms with Crippen molar-refractivity contribution in [2.75, 3.05) is 19.0 Å². The van der Waals surface area contributed by atoms with Crippen molar-refractivity contribution in [3.8, 4) is 0 Å². The molecule has 7 heteroatoms. The van der Waals surface area contributed by atoms with Crippen molar-refractivity contribution in [3.63, 3.8) is 0 Å². The summed E-state index contributed by atoms with van der Waals surface area (Å²) in [5, 5.41) is 8.38. The summed E-state index contributed by atoms with van der Waals surface area (Å²) >= 11 is 0. The van der Waals surface area contributed by atoms with E-state index in [2.05, 4.69) is 4.72 Å². The van der Waals surface area contributed by atoms with Crippen LogP contribution in [0.25, 0.3) is 0 Å². The molecule has 2 N–H and O–H groups in total. The van der Waals surface area contributed by atoms with E-state index in [0.717, 1.165) is 6.42 Å². The van der Waals surface area contributed by atoms with Crippen molar-refractivity contribution in [2.45, 2.75) is 19.4 Å². The van der Waals surface area contributed by atoms with Crippen molar-refractivity contribution in [2.24, 2.45) is 5.92 Å². The molecule has 1 rings (SSSR count). The Morgan fingerprint density at radius 3 is 2.80 bits per heavy atom. The van der Waals surface area contributed by atoms with Gasteiger partial charge in [0.2, 0.25) is 10.0 Å². The monoisotopic (exact) mass is 237 g/mol. The largest absolute Gasteiger partial charge is 0.480 e. The highest BCUT2D eigenvalue weighted by Crippen LogP contribution is 2.16. The van der Waals surface area contributed by atoms with E-state index in [-0.39, 0.29) is 12.0 Å². The molecule has 1 aliphatic heterocycles. The van der Waals surface area contributed by atoms with Crippen LogP contribution < -0.4 is 4.72 Å². The lowest BCUT2D eigenvalue weighted by molar-refractivity contribution is -0.134. The summed E-state index contributed by atoms with van der Waals surface area (Å²) in [7, 11) is -3.72. The van der Waals surface area contributed by atoms with Gasteiger partial charge >= 0.3 is 5.97 Å². The van der Waals surface area contributed by atoms with E-state index in [4.69, 9.17) is 9.84 Å². The Kier molecular flexibility index (Phi) is 4.06. The zero-order valence-corrected chi connectivity index (χ0v) is 9.29. The van der Waals surface area contributed by atoms with Crippen LogP contribution in [0.4, 0.5) is 0 Å². The zero-order chi connectivity index (χ0) is 11.5. The molecule has 0 spiro atoms. The molecule has 1 saturated heterocycles. The van der Waals surface area contributed by atoms with Crippen molar-refractivity contribution in [1.82, 2.24) is 4.72 Å². The van der Waals surface area contributed by atoms with Gasteiger partial charge in [0, 0.05) is 18.6 Å². The molecule has 0 amide bonds. The smallest absolute Gasteiger partial charge is 0.320 e. The van der Waals surface area contributed by atoms with Gasteiger partial charge in [-0.1, -0.05) is 0 Å². The molecule has 2 atom stereocenters. The normalized spacial score (nSPS) is 23.9. The summed E-state index contributed by atoms with van der Waals surface area (Å²) < 4.78 is 30.0. The molecule has 0 aromatic heterocycles. The molecule has 0 saturated carbocycles. The number of carbonyl (C=O) groups is 1. The van der Waals surface area contributed by atoms with Crippen LogP contribution in [0.2, 0.25) is 0 Å². The van der Waals surface area contributed by atoms with Crippen LogP contribution in [0.5, 0.6) is 0 Å². The number of carboxylic acids is 1. The van der Waals surface area contributed by atoms with E-state index in [1.165, 1.54) is 0 Å². The first-order valence-corrected chi connectivity index (χ1v) is 6.35. The third-order valence-electron chi connectivity index (χ3n) is 2.35. The van der Waals surface area contributed by atoms with Crippen LogP contribution in [-0.2, 0) is 19.6 Å². The molecule has 0 aromatic rings. The average Bonchev–Trinajstić information content (AvgIpc) is 2.50. The summed E-state index contributed by atoms with van der Waals surface area (Å²) in [6.07, 6.45) is 0.802. The molecule has 1 fully saturated rings. The van der Waals surface area contributed by atoms with Crippen molar-refractivity contribution in [1.29, 1.82) is 0 Å². The third-order valence-corrected chi connectivity index (χ3v) is 3.71. The van der Waals surface area contributed by atoms with E-state index >= 15 is 0 Å². The van der Waals surface area contributed by atoms with E-state index < -0.39 is 21.7 Å². The van der Waals surface area contributed by atoms with Crippen LogP contribution in [0.15, 0.2) is 0 Å². The van der Waals surface area contributed by atoms with Gasteiger partial charge in [-0.05, 0) is 13.3 Å². The number of hydrogen-bond donors (Lipinski definition) is 2. The predicted molar refractivity (Wildman–Crippen MR) is 52.9 cm³/mol. The molecule has 0 radical (unpaired) electrons. The highest BCUT2D eigenvalue weighted by molar-refractivity contribution is 7.90. The average molecular weight is 237 g/mol. The summed E-state index contributed by atoms with van der Waals surface area (Å²) in [5.74, 6) is -2.10. The molecule has 15 heavy (non-hydrogen) atoms. The number of ether oxygens (including phenoxy) is 1. The van der Waals surface area contributed by atoms with Gasteiger partial charge in [-0.3, -0.25) is 4.79 Å². The van der Waals surface area contributed by atoms with Gasteiger partial charge in [0.15, 0.2) is 5.75 Å². The molecule has 0 aromatic carbocycles. The fourth-order valence-electron chi connectivity index (χ4n) is 1.53. The number of sulfonamides is 1. The third kappa shape index (κ3) is 4.15. The minimum absolute atomic E-state index is 0.133. The van der Waals surface area contributed by atoms with Crippen molar-refractivity contribution < 1.29 is 23.1 Å². The van der Waals surface area contributed by atoms with Crippen LogP contribution >= 0.6 is 0 Å². The number of nitrogens with one attached hydrogen (secondary N) is 1. The SMILES string of the molecule is CC(NS(=O)(=O)CC(=O)O)C1CCOC1. The van der Waals surface area contributed by atoms with Gasteiger partial charge in [-0.25, -0.2) is 13.1 Å². The molecule has 0 bridgehead atoms. The quantitative estimate of drug-likeness (QED) is 0.667. The van der Waals surface area contributed by atoms with E-state index in [9.17, 15) is 13.2 Å².